The first kappa shape index (κ1) is 13.5. The van der Waals surface area contributed by atoms with Crippen LogP contribution in [0, 0.1) is 5.92 Å². The average Bonchev–Trinajstić information content (AvgIpc) is 2.53. The molecule has 0 radical (unpaired) electrons. The third-order valence-electron chi connectivity index (χ3n) is 3.64. The maximum Gasteiger partial charge on any atom is 0.222 e. The molecule has 1 aliphatic rings. The van der Waals surface area contributed by atoms with E-state index in [0.717, 1.165) is 29.4 Å². The average molecular weight is 311 g/mol. The number of carbonyl (C=O) groups is 1. The molecule has 2 heterocycles. The van der Waals surface area contributed by atoms with E-state index >= 15 is 0 Å². The highest BCUT2D eigenvalue weighted by Gasteiger charge is 2.21. The molecule has 1 aliphatic heterocycles. The first-order valence-corrected chi connectivity index (χ1v) is 7.35. The minimum Gasteiger partial charge on any atom is -0.338 e. The van der Waals surface area contributed by atoms with E-state index in [0.29, 0.717) is 18.9 Å². The van der Waals surface area contributed by atoms with Gasteiger partial charge in [-0.3, -0.25) is 9.78 Å². The van der Waals surface area contributed by atoms with Crippen molar-refractivity contribution in [1.82, 2.24) is 9.88 Å². The van der Waals surface area contributed by atoms with Crippen molar-refractivity contribution in [1.29, 1.82) is 0 Å². The number of pyridine rings is 1. The van der Waals surface area contributed by atoms with Gasteiger partial charge in [0, 0.05) is 36.4 Å². The van der Waals surface area contributed by atoms with Crippen LogP contribution in [0.15, 0.2) is 22.9 Å². The second-order valence-electron chi connectivity index (χ2n) is 4.93. The van der Waals surface area contributed by atoms with Crippen LogP contribution < -0.4 is 0 Å². The Morgan fingerprint density at radius 2 is 2.28 bits per heavy atom. The van der Waals surface area contributed by atoms with Crippen molar-refractivity contribution in [3.8, 4) is 0 Å². The number of aromatic nitrogens is 1. The Morgan fingerprint density at radius 3 is 3.00 bits per heavy atom. The molecule has 0 saturated carbocycles. The van der Waals surface area contributed by atoms with Crippen molar-refractivity contribution in [2.24, 2.45) is 5.92 Å². The van der Waals surface area contributed by atoms with E-state index in [-0.39, 0.29) is 5.91 Å². The van der Waals surface area contributed by atoms with Gasteiger partial charge >= 0.3 is 0 Å². The number of rotatable bonds is 3. The summed E-state index contributed by atoms with van der Waals surface area (Å²) in [6, 6.07) is 2.03. The highest BCUT2D eigenvalue weighted by atomic mass is 79.9. The Hall–Kier alpha value is -0.900. The molecule has 0 bridgehead atoms. The molecular weight excluding hydrogens is 292 g/mol. The van der Waals surface area contributed by atoms with Crippen LogP contribution in [0.25, 0.3) is 0 Å². The fourth-order valence-corrected chi connectivity index (χ4v) is 2.84. The quantitative estimate of drug-likeness (QED) is 0.857. The number of nitrogens with zero attached hydrogens (tertiary/aromatic N) is 2. The number of carbonyl (C=O) groups excluding carboxylic acids is 1. The number of likely N-dealkylation sites (tertiary alicyclic amines) is 1. The zero-order valence-electron chi connectivity index (χ0n) is 10.7. The molecule has 1 aromatic rings. The van der Waals surface area contributed by atoms with Crippen LogP contribution in [0.3, 0.4) is 0 Å². The maximum atomic E-state index is 12.1. The molecule has 0 N–H and O–H groups in total. The molecule has 1 saturated heterocycles. The predicted molar refractivity (Wildman–Crippen MR) is 75.0 cm³/mol. The summed E-state index contributed by atoms with van der Waals surface area (Å²) in [6.45, 7) is 3.77. The number of amides is 1. The summed E-state index contributed by atoms with van der Waals surface area (Å²) in [5, 5.41) is 0. The van der Waals surface area contributed by atoms with E-state index in [1.807, 2.05) is 17.2 Å². The van der Waals surface area contributed by atoms with Crippen LogP contribution in [0.5, 0.6) is 0 Å². The van der Waals surface area contributed by atoms with E-state index in [4.69, 9.17) is 0 Å². The smallest absolute Gasteiger partial charge is 0.222 e. The topological polar surface area (TPSA) is 33.2 Å². The molecule has 1 fully saturated rings. The lowest BCUT2D eigenvalue weighted by atomic mass is 9.98. The van der Waals surface area contributed by atoms with E-state index < -0.39 is 0 Å². The Balaban J connectivity index is 2.01. The summed E-state index contributed by atoms with van der Waals surface area (Å²) < 4.78 is 0.966. The van der Waals surface area contributed by atoms with Crippen LogP contribution in [-0.4, -0.2) is 22.3 Å². The third-order valence-corrected chi connectivity index (χ3v) is 4.07. The van der Waals surface area contributed by atoms with Gasteiger partial charge in [0.1, 0.15) is 0 Å². The Labute approximate surface area is 117 Å². The van der Waals surface area contributed by atoms with E-state index in [9.17, 15) is 4.79 Å². The molecule has 1 aromatic heterocycles. The monoisotopic (exact) mass is 310 g/mol. The summed E-state index contributed by atoms with van der Waals surface area (Å²) in [4.78, 5) is 18.2. The molecule has 0 spiro atoms. The Kier molecular flexibility index (Phi) is 4.75. The molecule has 1 unspecified atom stereocenters. The first-order chi connectivity index (χ1) is 8.69. The maximum absolute atomic E-state index is 12.1. The molecular formula is C14H19BrN2O. The van der Waals surface area contributed by atoms with Crippen molar-refractivity contribution in [2.75, 3.05) is 6.54 Å². The highest BCUT2D eigenvalue weighted by molar-refractivity contribution is 9.10. The van der Waals surface area contributed by atoms with Gasteiger partial charge in [-0.1, -0.05) is 13.3 Å². The van der Waals surface area contributed by atoms with E-state index in [1.54, 1.807) is 6.20 Å². The van der Waals surface area contributed by atoms with Gasteiger partial charge in [0.15, 0.2) is 0 Å². The molecule has 0 aliphatic carbocycles. The molecule has 2 rings (SSSR count). The lowest BCUT2D eigenvalue weighted by Gasteiger charge is -2.20. The van der Waals surface area contributed by atoms with E-state index in [1.165, 1.54) is 6.42 Å². The van der Waals surface area contributed by atoms with Crippen molar-refractivity contribution < 1.29 is 4.79 Å². The van der Waals surface area contributed by atoms with Crippen LogP contribution >= 0.6 is 15.9 Å². The van der Waals surface area contributed by atoms with Gasteiger partial charge in [0.05, 0.1) is 0 Å². The minimum absolute atomic E-state index is 0.283. The van der Waals surface area contributed by atoms with Crippen LogP contribution in [-0.2, 0) is 11.3 Å². The molecule has 18 heavy (non-hydrogen) atoms. The van der Waals surface area contributed by atoms with Crippen molar-refractivity contribution in [3.63, 3.8) is 0 Å². The Morgan fingerprint density at radius 1 is 1.44 bits per heavy atom. The van der Waals surface area contributed by atoms with Crippen LogP contribution in [0.4, 0.5) is 0 Å². The second kappa shape index (κ2) is 6.32. The summed E-state index contributed by atoms with van der Waals surface area (Å²) in [6.07, 6.45) is 7.65. The summed E-state index contributed by atoms with van der Waals surface area (Å²) in [7, 11) is 0. The van der Waals surface area contributed by atoms with Gasteiger partial charge in [-0.05, 0) is 46.3 Å². The summed E-state index contributed by atoms with van der Waals surface area (Å²) in [5.41, 5.74) is 1.09. The molecule has 1 amide bonds. The number of hydrogen-bond acceptors (Lipinski definition) is 2. The van der Waals surface area contributed by atoms with Crippen LogP contribution in [0.2, 0.25) is 0 Å². The molecule has 1 atom stereocenters. The lowest BCUT2D eigenvalue weighted by Crippen LogP contribution is -2.29. The number of hydrogen-bond donors (Lipinski definition) is 0. The molecule has 0 aromatic carbocycles. The van der Waals surface area contributed by atoms with Crippen molar-refractivity contribution in [2.45, 2.75) is 39.2 Å². The third kappa shape index (κ3) is 3.55. The first-order valence-electron chi connectivity index (χ1n) is 6.56. The largest absolute Gasteiger partial charge is 0.338 e. The highest BCUT2D eigenvalue weighted by Crippen LogP contribution is 2.22. The van der Waals surface area contributed by atoms with Gasteiger partial charge in [-0.2, -0.15) is 0 Å². The summed E-state index contributed by atoms with van der Waals surface area (Å²) in [5.74, 6) is 0.991. The molecule has 3 nitrogen and oxygen atoms in total. The van der Waals surface area contributed by atoms with Gasteiger partial charge < -0.3 is 4.90 Å². The van der Waals surface area contributed by atoms with Gasteiger partial charge in [0.2, 0.25) is 5.91 Å². The molecule has 4 heteroatoms. The molecule has 98 valence electrons. The summed E-state index contributed by atoms with van der Waals surface area (Å²) >= 11 is 3.41. The zero-order valence-corrected chi connectivity index (χ0v) is 12.3. The Bertz CT molecular complexity index is 422. The van der Waals surface area contributed by atoms with Crippen molar-refractivity contribution >= 4 is 21.8 Å². The second-order valence-corrected chi connectivity index (χ2v) is 5.84. The number of halogens is 1. The standard InChI is InChI=1S/C14H19BrN2O/c1-2-11-3-4-14(18)17(6-5-11)10-12-7-13(15)9-16-8-12/h7-9,11H,2-6,10H2,1H3. The van der Waals surface area contributed by atoms with Gasteiger partial charge in [-0.25, -0.2) is 0 Å². The van der Waals surface area contributed by atoms with E-state index in [2.05, 4.69) is 27.8 Å². The van der Waals surface area contributed by atoms with Crippen LogP contribution in [0.1, 0.15) is 38.2 Å². The predicted octanol–water partition coefficient (Wildman–Crippen LogP) is 3.38. The fourth-order valence-electron chi connectivity index (χ4n) is 2.43. The minimum atomic E-state index is 0.283. The lowest BCUT2D eigenvalue weighted by molar-refractivity contribution is -0.131. The fraction of sp³-hybridized carbons (Fsp3) is 0.571. The zero-order chi connectivity index (χ0) is 13.0. The van der Waals surface area contributed by atoms with Gasteiger partial charge in [0.25, 0.3) is 0 Å². The van der Waals surface area contributed by atoms with Gasteiger partial charge in [-0.15, -0.1) is 0 Å². The van der Waals surface area contributed by atoms with Crippen molar-refractivity contribution in [3.05, 3.63) is 28.5 Å². The normalized spacial score (nSPS) is 20.9. The SMILES string of the molecule is CCC1CCC(=O)N(Cc2cncc(Br)c2)CC1.